The van der Waals surface area contributed by atoms with Crippen LogP contribution in [0.4, 0.5) is 33.5 Å². The molecule has 1 aliphatic rings. The lowest BCUT2D eigenvalue weighted by molar-refractivity contribution is -0.137. The van der Waals surface area contributed by atoms with E-state index in [-0.39, 0.29) is 18.7 Å². The van der Waals surface area contributed by atoms with Crippen LogP contribution < -0.4 is 10.2 Å². The van der Waals surface area contributed by atoms with Gasteiger partial charge in [0.15, 0.2) is 4.87 Å². The van der Waals surface area contributed by atoms with Gasteiger partial charge in [-0.3, -0.25) is 4.79 Å². The molecule has 6 nitrogen and oxygen atoms in total. The molecule has 33 heavy (non-hydrogen) atoms. The number of pyridine rings is 1. The lowest BCUT2D eigenvalue weighted by Crippen LogP contribution is -2.57. The number of nitrogens with one attached hydrogen (secondary N) is 1. The Labute approximate surface area is 194 Å². The number of hydrogen-bond acceptors (Lipinski definition) is 6. The maximum Gasteiger partial charge on any atom is 0.417 e. The average molecular weight is 507 g/mol. The summed E-state index contributed by atoms with van der Waals surface area (Å²) in [4.78, 5) is 16.5. The number of thioether (sulfide) groups is 1. The van der Waals surface area contributed by atoms with Crippen LogP contribution in [-0.4, -0.2) is 39.8 Å². The zero-order chi connectivity index (χ0) is 24.7. The molecule has 2 N–H and O–H groups in total. The van der Waals surface area contributed by atoms with Gasteiger partial charge in [-0.2, -0.15) is 18.4 Å². The Morgan fingerprint density at radius 1 is 1.36 bits per heavy atom. The van der Waals surface area contributed by atoms with Crippen molar-refractivity contribution in [3.05, 3.63) is 51.7 Å². The summed E-state index contributed by atoms with van der Waals surface area (Å²) in [7, 11) is 0. The van der Waals surface area contributed by atoms with Crippen LogP contribution in [0.15, 0.2) is 18.2 Å². The summed E-state index contributed by atoms with van der Waals surface area (Å²) >= 11 is 6.43. The van der Waals surface area contributed by atoms with E-state index in [4.69, 9.17) is 11.6 Å². The molecule has 1 aromatic carbocycles. The summed E-state index contributed by atoms with van der Waals surface area (Å²) in [6, 6.07) is 3.50. The molecule has 1 amide bonds. The predicted octanol–water partition coefficient (Wildman–Crippen LogP) is 4.48. The molecule has 1 aliphatic heterocycles. The van der Waals surface area contributed by atoms with E-state index >= 15 is 0 Å². The first kappa shape index (κ1) is 25.0. The largest absolute Gasteiger partial charge is 0.417 e. The highest BCUT2D eigenvalue weighted by atomic mass is 35.5. The summed E-state index contributed by atoms with van der Waals surface area (Å²) in [6.07, 6.45) is -4.93. The van der Waals surface area contributed by atoms with Gasteiger partial charge in [-0.05, 0) is 31.7 Å². The predicted molar refractivity (Wildman–Crippen MR) is 113 cm³/mol. The number of aliphatic hydroxyl groups excluding tert-OH is 1. The zero-order valence-corrected chi connectivity index (χ0v) is 18.7. The van der Waals surface area contributed by atoms with E-state index in [2.05, 4.69) is 10.3 Å². The van der Waals surface area contributed by atoms with Crippen LogP contribution in [0.3, 0.4) is 0 Å². The van der Waals surface area contributed by atoms with Gasteiger partial charge in [-0.15, -0.1) is 11.8 Å². The molecule has 2 aromatic rings. The quantitative estimate of drug-likeness (QED) is 0.469. The van der Waals surface area contributed by atoms with Gasteiger partial charge in [0.05, 0.1) is 22.4 Å². The number of benzene rings is 1. The second-order valence-electron chi connectivity index (χ2n) is 7.18. The SMILES string of the molecule is CS[C@@]1(C(=O)Nc2cc(Cl)c(F)cc2F)[C@@H](O)CCN1c1nc(C)cc(C(F)(F)F)c1C#N. The fourth-order valence-corrected chi connectivity index (χ4v) is 4.87. The Balaban J connectivity index is 2.15. The minimum Gasteiger partial charge on any atom is -0.389 e. The van der Waals surface area contributed by atoms with Crippen molar-refractivity contribution < 1.29 is 31.9 Å². The van der Waals surface area contributed by atoms with Gasteiger partial charge in [0, 0.05) is 18.3 Å². The van der Waals surface area contributed by atoms with Gasteiger partial charge in [0.2, 0.25) is 0 Å². The number of halogens is 6. The molecule has 0 spiro atoms. The monoisotopic (exact) mass is 506 g/mol. The van der Waals surface area contributed by atoms with E-state index in [0.717, 1.165) is 22.7 Å². The van der Waals surface area contributed by atoms with Gasteiger partial charge < -0.3 is 15.3 Å². The van der Waals surface area contributed by atoms with Gasteiger partial charge in [0.1, 0.15) is 29.1 Å². The lowest BCUT2D eigenvalue weighted by Gasteiger charge is -2.39. The summed E-state index contributed by atoms with van der Waals surface area (Å²) in [5, 5.41) is 22.0. The molecule has 0 unspecified atom stereocenters. The summed E-state index contributed by atoms with van der Waals surface area (Å²) in [6.45, 7) is 1.17. The van der Waals surface area contributed by atoms with E-state index in [1.807, 2.05) is 0 Å². The Morgan fingerprint density at radius 2 is 2.03 bits per heavy atom. The zero-order valence-electron chi connectivity index (χ0n) is 17.1. The van der Waals surface area contributed by atoms with Crippen LogP contribution >= 0.6 is 23.4 Å². The summed E-state index contributed by atoms with van der Waals surface area (Å²) < 4.78 is 68.4. The third kappa shape index (κ3) is 4.32. The smallest absolute Gasteiger partial charge is 0.389 e. The van der Waals surface area contributed by atoms with Gasteiger partial charge in [0.25, 0.3) is 5.91 Å². The van der Waals surface area contributed by atoms with Crippen LogP contribution in [0, 0.1) is 29.9 Å². The maximum absolute atomic E-state index is 14.2. The molecule has 176 valence electrons. The standard InChI is InChI=1S/C20H16ClF5N4O2S/c1-9-5-11(20(24,25)26)10(8-27)17(28-9)30-4-3-16(31)19(30,33-2)18(32)29-15-6-12(21)13(22)7-14(15)23/h5-7,16,31H,3-4H2,1-2H3,(H,29,32)/t16-,19+/m0/s1. The number of anilines is 2. The first-order valence-corrected chi connectivity index (χ1v) is 10.9. The topological polar surface area (TPSA) is 89.2 Å². The lowest BCUT2D eigenvalue weighted by atomic mass is 10.1. The van der Waals surface area contributed by atoms with Crippen molar-refractivity contribution in [2.45, 2.75) is 30.5 Å². The van der Waals surface area contributed by atoms with E-state index in [1.54, 1.807) is 0 Å². The fraction of sp³-hybridized carbons (Fsp3) is 0.350. The molecule has 1 saturated heterocycles. The van der Waals surface area contributed by atoms with Gasteiger partial charge >= 0.3 is 6.18 Å². The minimum atomic E-state index is -4.87. The maximum atomic E-state index is 14.2. The first-order valence-electron chi connectivity index (χ1n) is 9.32. The third-order valence-electron chi connectivity index (χ3n) is 5.17. The number of alkyl halides is 3. The average Bonchev–Trinajstić information content (AvgIpc) is 3.07. The number of aromatic nitrogens is 1. The number of aryl methyl sites for hydroxylation is 1. The van der Waals surface area contributed by atoms with Crippen molar-refractivity contribution in [1.82, 2.24) is 4.98 Å². The molecule has 2 heterocycles. The van der Waals surface area contributed by atoms with Gasteiger partial charge in [-0.25, -0.2) is 13.8 Å². The highest BCUT2D eigenvalue weighted by Gasteiger charge is 2.56. The van der Waals surface area contributed by atoms with Crippen LogP contribution in [0.2, 0.25) is 5.02 Å². The number of nitriles is 1. The Kier molecular flexibility index (Phi) is 6.79. The number of rotatable bonds is 4. The van der Waals surface area contributed by atoms with Crippen LogP contribution in [0.1, 0.15) is 23.2 Å². The van der Waals surface area contributed by atoms with Gasteiger partial charge in [-0.1, -0.05) is 11.6 Å². The summed E-state index contributed by atoms with van der Waals surface area (Å²) in [5.74, 6) is -3.66. The Morgan fingerprint density at radius 3 is 2.61 bits per heavy atom. The number of hydrogen-bond donors (Lipinski definition) is 2. The minimum absolute atomic E-state index is 0.0528. The van der Waals surface area contributed by atoms with Crippen LogP contribution in [-0.2, 0) is 11.0 Å². The van der Waals surface area contributed by atoms with Crippen molar-refractivity contribution >= 4 is 40.8 Å². The highest BCUT2D eigenvalue weighted by Crippen LogP contribution is 2.45. The number of carbonyl (C=O) groups excluding carboxylic acids is 1. The number of carbonyl (C=O) groups is 1. The van der Waals surface area contributed by atoms with E-state index in [9.17, 15) is 37.1 Å². The van der Waals surface area contributed by atoms with Crippen molar-refractivity contribution in [1.29, 1.82) is 5.26 Å². The highest BCUT2D eigenvalue weighted by molar-refractivity contribution is 8.00. The Hall–Kier alpha value is -2.62. The molecule has 3 rings (SSSR count). The summed E-state index contributed by atoms with van der Waals surface area (Å²) in [5.41, 5.74) is -2.61. The number of nitrogens with zero attached hydrogens (tertiary/aromatic N) is 3. The molecule has 13 heteroatoms. The van der Waals surface area contributed by atoms with Crippen molar-refractivity contribution in [3.63, 3.8) is 0 Å². The van der Waals surface area contributed by atoms with Crippen molar-refractivity contribution in [2.75, 3.05) is 23.0 Å². The molecule has 1 aromatic heterocycles. The first-order chi connectivity index (χ1) is 15.4. The normalized spacial score (nSPS) is 20.6. The number of amides is 1. The second kappa shape index (κ2) is 8.96. The van der Waals surface area contributed by atoms with Crippen LogP contribution in [0.25, 0.3) is 0 Å². The molecular formula is C20H16ClF5N4O2S. The van der Waals surface area contributed by atoms with Crippen LogP contribution in [0.5, 0.6) is 0 Å². The molecule has 0 radical (unpaired) electrons. The molecule has 1 fully saturated rings. The Bertz CT molecular complexity index is 1160. The molecule has 0 aliphatic carbocycles. The van der Waals surface area contributed by atoms with Crippen molar-refractivity contribution in [3.8, 4) is 6.07 Å². The fourth-order valence-electron chi connectivity index (χ4n) is 3.69. The van der Waals surface area contributed by atoms with E-state index in [1.165, 1.54) is 19.2 Å². The number of aliphatic hydroxyl groups is 1. The third-order valence-corrected chi connectivity index (χ3v) is 6.76. The molecular weight excluding hydrogens is 491 g/mol. The van der Waals surface area contributed by atoms with Crippen molar-refractivity contribution in [2.24, 2.45) is 0 Å². The van der Waals surface area contributed by atoms with E-state index in [0.29, 0.717) is 12.1 Å². The molecule has 2 atom stereocenters. The molecule has 0 bridgehead atoms. The second-order valence-corrected chi connectivity index (χ2v) is 8.61. The van der Waals surface area contributed by atoms with E-state index < -0.39 is 62.3 Å². The molecule has 0 saturated carbocycles.